The quantitative estimate of drug-likeness (QED) is 0.853. The Balaban J connectivity index is 1.53. The van der Waals surface area contributed by atoms with Crippen LogP contribution in [-0.4, -0.2) is 47.2 Å². The molecule has 1 saturated heterocycles. The van der Waals surface area contributed by atoms with Crippen molar-refractivity contribution in [2.24, 2.45) is 5.92 Å². The van der Waals surface area contributed by atoms with Gasteiger partial charge in [0, 0.05) is 19.2 Å². The van der Waals surface area contributed by atoms with Crippen LogP contribution in [0.4, 0.5) is 4.39 Å². The molecular formula is C17H21FN2O3. The van der Waals surface area contributed by atoms with Gasteiger partial charge in [0.05, 0.1) is 18.8 Å². The average Bonchev–Trinajstić information content (AvgIpc) is 3.26. The minimum Gasteiger partial charge on any atom is -0.467 e. The fourth-order valence-corrected chi connectivity index (χ4v) is 3.63. The zero-order valence-corrected chi connectivity index (χ0v) is 13.0. The van der Waals surface area contributed by atoms with E-state index >= 15 is 0 Å². The van der Waals surface area contributed by atoms with Gasteiger partial charge in [0.25, 0.3) is 5.88 Å². The summed E-state index contributed by atoms with van der Waals surface area (Å²) >= 11 is 0. The predicted octanol–water partition coefficient (Wildman–Crippen LogP) is 2.16. The van der Waals surface area contributed by atoms with Crippen molar-refractivity contribution in [2.45, 2.75) is 50.4 Å². The van der Waals surface area contributed by atoms with E-state index in [-0.39, 0.29) is 30.0 Å². The highest BCUT2D eigenvalue weighted by Gasteiger charge is 2.46. The molecule has 6 heteroatoms. The van der Waals surface area contributed by atoms with Crippen LogP contribution < -0.4 is 4.74 Å². The molecule has 2 aliphatic carbocycles. The Labute approximate surface area is 134 Å². The molecule has 2 saturated carbocycles. The van der Waals surface area contributed by atoms with Crippen molar-refractivity contribution in [3.63, 3.8) is 0 Å². The second-order valence-electron chi connectivity index (χ2n) is 6.66. The zero-order valence-electron chi connectivity index (χ0n) is 13.0. The number of nitrogens with zero attached hydrogens (tertiary/aromatic N) is 2. The van der Waals surface area contributed by atoms with Gasteiger partial charge in [-0.3, -0.25) is 4.79 Å². The van der Waals surface area contributed by atoms with Crippen LogP contribution in [0.5, 0.6) is 5.88 Å². The highest BCUT2D eigenvalue weighted by atomic mass is 19.1. The van der Waals surface area contributed by atoms with Gasteiger partial charge in [0.15, 0.2) is 5.82 Å². The van der Waals surface area contributed by atoms with E-state index in [9.17, 15) is 9.18 Å². The Hall–Kier alpha value is -1.69. The molecule has 3 fully saturated rings. The van der Waals surface area contributed by atoms with Crippen molar-refractivity contribution in [2.75, 3.05) is 13.2 Å². The SMILES string of the molecule is O=C(CC1CC1)N1CCO[C@H]2CC[C@H]1[C@@H]2Oc1ncccc1F. The van der Waals surface area contributed by atoms with Crippen LogP contribution in [0, 0.1) is 11.7 Å². The molecule has 124 valence electrons. The normalized spacial score (nSPS) is 30.1. The largest absolute Gasteiger partial charge is 0.467 e. The molecule has 2 bridgehead atoms. The number of amides is 1. The minimum absolute atomic E-state index is 0.00510. The maximum Gasteiger partial charge on any atom is 0.250 e. The van der Waals surface area contributed by atoms with Gasteiger partial charge in [-0.05, 0) is 43.7 Å². The Bertz CT molecular complexity index is 593. The maximum atomic E-state index is 13.8. The van der Waals surface area contributed by atoms with Crippen LogP contribution >= 0.6 is 0 Å². The number of aromatic nitrogens is 1. The Morgan fingerprint density at radius 3 is 3.04 bits per heavy atom. The van der Waals surface area contributed by atoms with E-state index in [4.69, 9.17) is 9.47 Å². The number of pyridine rings is 1. The van der Waals surface area contributed by atoms with Crippen LogP contribution in [0.2, 0.25) is 0 Å². The Morgan fingerprint density at radius 1 is 1.39 bits per heavy atom. The van der Waals surface area contributed by atoms with Gasteiger partial charge in [0.1, 0.15) is 6.10 Å². The second kappa shape index (κ2) is 6.07. The van der Waals surface area contributed by atoms with Gasteiger partial charge in [0.2, 0.25) is 5.91 Å². The van der Waals surface area contributed by atoms with Gasteiger partial charge in [-0.25, -0.2) is 9.37 Å². The van der Waals surface area contributed by atoms with Crippen molar-refractivity contribution >= 4 is 5.91 Å². The lowest BCUT2D eigenvalue weighted by Crippen LogP contribution is -2.47. The molecule has 4 rings (SSSR count). The fraction of sp³-hybridized carbons (Fsp3) is 0.647. The number of fused-ring (bicyclic) bond motifs is 2. The molecular weight excluding hydrogens is 299 g/mol. The van der Waals surface area contributed by atoms with E-state index in [1.165, 1.54) is 18.3 Å². The lowest BCUT2D eigenvalue weighted by molar-refractivity contribution is -0.135. The molecule has 1 aromatic heterocycles. The van der Waals surface area contributed by atoms with E-state index in [0.717, 1.165) is 25.7 Å². The van der Waals surface area contributed by atoms with Gasteiger partial charge in [-0.15, -0.1) is 0 Å². The van der Waals surface area contributed by atoms with Crippen LogP contribution in [0.3, 0.4) is 0 Å². The first-order valence-corrected chi connectivity index (χ1v) is 8.40. The third-order valence-corrected chi connectivity index (χ3v) is 5.01. The second-order valence-corrected chi connectivity index (χ2v) is 6.66. The minimum atomic E-state index is -0.480. The van der Waals surface area contributed by atoms with Crippen molar-refractivity contribution in [1.82, 2.24) is 9.88 Å². The summed E-state index contributed by atoms with van der Waals surface area (Å²) in [5.41, 5.74) is 0. The third kappa shape index (κ3) is 3.04. The average molecular weight is 320 g/mol. The summed E-state index contributed by atoms with van der Waals surface area (Å²) in [4.78, 5) is 18.5. The standard InChI is InChI=1S/C17H21FN2O3/c18-12-2-1-7-19-17(12)23-16-13-5-6-14(16)22-9-8-20(13)15(21)10-11-3-4-11/h1-2,7,11,13-14,16H,3-6,8-10H2/t13-,14-,16-/m0/s1. The molecule has 2 heterocycles. The molecule has 1 amide bonds. The van der Waals surface area contributed by atoms with Crippen LogP contribution in [0.1, 0.15) is 32.1 Å². The van der Waals surface area contributed by atoms with Crippen molar-refractivity contribution < 1.29 is 18.7 Å². The first-order chi connectivity index (χ1) is 11.2. The van der Waals surface area contributed by atoms with Crippen molar-refractivity contribution in [1.29, 1.82) is 0 Å². The van der Waals surface area contributed by atoms with Crippen LogP contribution in [0.25, 0.3) is 0 Å². The molecule has 0 unspecified atom stereocenters. The van der Waals surface area contributed by atoms with Gasteiger partial charge >= 0.3 is 0 Å². The molecule has 23 heavy (non-hydrogen) atoms. The molecule has 1 aliphatic heterocycles. The number of carbonyl (C=O) groups excluding carboxylic acids is 1. The number of halogens is 1. The molecule has 0 N–H and O–H groups in total. The zero-order chi connectivity index (χ0) is 15.8. The third-order valence-electron chi connectivity index (χ3n) is 5.01. The first-order valence-electron chi connectivity index (χ1n) is 8.40. The maximum absolute atomic E-state index is 13.8. The Kier molecular flexibility index (Phi) is 3.93. The summed E-state index contributed by atoms with van der Waals surface area (Å²) in [5.74, 6) is 0.247. The molecule has 1 aromatic rings. The van der Waals surface area contributed by atoms with Crippen LogP contribution in [0.15, 0.2) is 18.3 Å². The van der Waals surface area contributed by atoms with E-state index in [0.29, 0.717) is 25.5 Å². The smallest absolute Gasteiger partial charge is 0.250 e. The first kappa shape index (κ1) is 14.9. The van der Waals surface area contributed by atoms with E-state index < -0.39 is 5.82 Å². The van der Waals surface area contributed by atoms with Crippen molar-refractivity contribution in [3.05, 3.63) is 24.1 Å². The number of carbonyl (C=O) groups is 1. The molecule has 5 nitrogen and oxygen atoms in total. The molecule has 0 aromatic carbocycles. The van der Waals surface area contributed by atoms with Crippen molar-refractivity contribution in [3.8, 4) is 5.88 Å². The van der Waals surface area contributed by atoms with Crippen LogP contribution in [-0.2, 0) is 9.53 Å². The van der Waals surface area contributed by atoms with E-state index in [1.54, 1.807) is 0 Å². The lowest BCUT2D eigenvalue weighted by atomic mass is 10.1. The number of rotatable bonds is 4. The summed E-state index contributed by atoms with van der Waals surface area (Å²) in [7, 11) is 0. The molecule has 0 radical (unpaired) electrons. The summed E-state index contributed by atoms with van der Waals surface area (Å²) in [6, 6.07) is 2.82. The van der Waals surface area contributed by atoms with Gasteiger partial charge in [-0.1, -0.05) is 0 Å². The summed E-state index contributed by atoms with van der Waals surface area (Å²) < 4.78 is 25.5. The highest BCUT2D eigenvalue weighted by molar-refractivity contribution is 5.77. The van der Waals surface area contributed by atoms with E-state index in [2.05, 4.69) is 4.98 Å². The summed E-state index contributed by atoms with van der Waals surface area (Å²) in [5, 5.41) is 0. The summed E-state index contributed by atoms with van der Waals surface area (Å²) in [6.45, 7) is 1.11. The molecule has 3 aliphatic rings. The number of hydrogen-bond acceptors (Lipinski definition) is 4. The highest BCUT2D eigenvalue weighted by Crippen LogP contribution is 2.36. The fourth-order valence-electron chi connectivity index (χ4n) is 3.63. The number of hydrogen-bond donors (Lipinski definition) is 0. The molecule has 3 atom stereocenters. The summed E-state index contributed by atoms with van der Waals surface area (Å²) in [6.07, 6.45) is 5.66. The monoisotopic (exact) mass is 320 g/mol. The van der Waals surface area contributed by atoms with Gasteiger partial charge in [-0.2, -0.15) is 0 Å². The molecule has 0 spiro atoms. The Morgan fingerprint density at radius 2 is 2.26 bits per heavy atom. The van der Waals surface area contributed by atoms with Gasteiger partial charge < -0.3 is 14.4 Å². The number of ether oxygens (including phenoxy) is 2. The topological polar surface area (TPSA) is 51.7 Å². The predicted molar refractivity (Wildman–Crippen MR) is 80.4 cm³/mol. The van der Waals surface area contributed by atoms with E-state index in [1.807, 2.05) is 4.90 Å². The lowest BCUT2D eigenvalue weighted by Gasteiger charge is -2.31.